The minimum Gasteiger partial charge on any atom is -0.480 e. The maximum absolute atomic E-state index is 14.6. The molecule has 8 atom stereocenters. The molecule has 3 aromatic rings. The second-order valence-electron chi connectivity index (χ2n) is 18.3. The summed E-state index contributed by atoms with van der Waals surface area (Å²) in [4.78, 5) is 119. The molecule has 75 heavy (non-hydrogen) atoms. The van der Waals surface area contributed by atoms with Crippen LogP contribution < -0.4 is 71.2 Å². The summed E-state index contributed by atoms with van der Waals surface area (Å²) in [5, 5.41) is 45.4. The number of aromatic amines is 1. The molecule has 0 spiro atoms. The highest BCUT2D eigenvalue weighted by Crippen LogP contribution is 2.20. The third-order valence-electron chi connectivity index (χ3n) is 12.3. The summed E-state index contributed by atoms with van der Waals surface area (Å²) < 4.78 is 0. The number of nitrogens with two attached hydrogens (primary N) is 5. The first-order valence-electron chi connectivity index (χ1n) is 24.9. The number of aliphatic hydroxyl groups is 1. The van der Waals surface area contributed by atoms with Gasteiger partial charge in [-0.3, -0.25) is 48.9 Å². The lowest BCUT2D eigenvalue weighted by atomic mass is 10.0. The molecule has 0 aliphatic carbocycles. The number of aromatic nitrogens is 1. The first-order valence-corrected chi connectivity index (χ1v) is 24.9. The van der Waals surface area contributed by atoms with E-state index in [9.17, 15) is 48.6 Å². The molecule has 410 valence electrons. The van der Waals surface area contributed by atoms with Crippen molar-refractivity contribution < 1.29 is 48.6 Å². The van der Waals surface area contributed by atoms with E-state index < -0.39 is 95.8 Å². The number of benzene rings is 2. The number of carbonyl (C=O) groups is 8. The molecular formula is C49H74N16O10. The van der Waals surface area contributed by atoms with Crippen molar-refractivity contribution in [3.63, 3.8) is 0 Å². The molecule has 1 aliphatic heterocycles. The highest BCUT2D eigenvalue weighted by Gasteiger charge is 2.33. The number of aliphatic imine (C=N–C) groups is 2. The molecule has 7 amide bonds. The summed E-state index contributed by atoms with van der Waals surface area (Å²) >= 11 is 0. The third-order valence-corrected chi connectivity index (χ3v) is 12.3. The van der Waals surface area contributed by atoms with Crippen LogP contribution in [0, 0.1) is 0 Å². The Hall–Kier alpha value is -7.84. The van der Waals surface area contributed by atoms with Gasteiger partial charge in [-0.25, -0.2) is 4.79 Å². The van der Waals surface area contributed by atoms with Crippen molar-refractivity contribution in [3.05, 3.63) is 71.9 Å². The molecule has 2 aromatic carbocycles. The van der Waals surface area contributed by atoms with Crippen LogP contribution in [-0.2, 0) is 51.2 Å². The van der Waals surface area contributed by atoms with Gasteiger partial charge in [-0.05, 0) is 75.0 Å². The van der Waals surface area contributed by atoms with E-state index in [1.165, 1.54) is 6.92 Å². The lowest BCUT2D eigenvalue weighted by molar-refractivity contribution is -0.142. The SMILES string of the molecule is CC(=O)N[C@@H](CCCN=C(N)N)C(=O)N[C@H]1CCCNC(=O)CC[C@@H](C(=O)O)NC(=O)[C@H](Cc2c[nH]c3ccccc23)NC(=O)[C@H](CCCN=C(N)N)NC(=O)[C@@H](Cc2ccccc2)NC[C@H](CCC(N)=O)NC1O. The van der Waals surface area contributed by atoms with Gasteiger partial charge in [0.15, 0.2) is 11.9 Å². The molecule has 1 saturated heterocycles. The molecule has 1 fully saturated rings. The summed E-state index contributed by atoms with van der Waals surface area (Å²) in [5.41, 5.74) is 29.7. The largest absolute Gasteiger partial charge is 0.480 e. The number of aliphatic carboxylic acids is 1. The Kier molecular flexibility index (Phi) is 24.7. The molecule has 21 N–H and O–H groups in total. The summed E-state index contributed by atoms with van der Waals surface area (Å²) in [7, 11) is 0. The third kappa shape index (κ3) is 21.6. The van der Waals surface area contributed by atoms with Crippen LogP contribution in [0.3, 0.4) is 0 Å². The van der Waals surface area contributed by atoms with Gasteiger partial charge in [-0.1, -0.05) is 48.5 Å². The Bertz CT molecular complexity index is 2450. The number of carboxylic acid groups (broad SMARTS) is 1. The van der Waals surface area contributed by atoms with Gasteiger partial charge in [-0.15, -0.1) is 0 Å². The van der Waals surface area contributed by atoms with Gasteiger partial charge < -0.3 is 81.1 Å². The van der Waals surface area contributed by atoms with E-state index in [1.54, 1.807) is 42.6 Å². The molecule has 0 radical (unpaired) electrons. The summed E-state index contributed by atoms with van der Waals surface area (Å²) in [6.07, 6.45) is 0.0804. The van der Waals surface area contributed by atoms with Crippen LogP contribution in [0.2, 0.25) is 0 Å². The van der Waals surface area contributed by atoms with Crippen LogP contribution in [0.1, 0.15) is 82.3 Å². The topological polar surface area (TPSA) is 444 Å². The Labute approximate surface area is 434 Å². The number of rotatable bonds is 19. The van der Waals surface area contributed by atoms with Crippen LogP contribution in [0.5, 0.6) is 0 Å². The molecule has 26 heteroatoms. The zero-order valence-corrected chi connectivity index (χ0v) is 42.1. The Morgan fingerprint density at radius 1 is 0.787 bits per heavy atom. The van der Waals surface area contributed by atoms with Gasteiger partial charge in [0.1, 0.15) is 30.4 Å². The van der Waals surface area contributed by atoms with Crippen LogP contribution in [0.4, 0.5) is 0 Å². The normalized spacial score (nSPS) is 22.2. The molecule has 1 aromatic heterocycles. The van der Waals surface area contributed by atoms with E-state index in [2.05, 4.69) is 57.5 Å². The molecular weight excluding hydrogens is 973 g/mol. The number of carbonyl (C=O) groups excluding carboxylic acids is 7. The quantitative estimate of drug-likeness (QED) is 0.0319. The predicted molar refractivity (Wildman–Crippen MR) is 280 cm³/mol. The minimum absolute atomic E-state index is 0.00441. The Morgan fingerprint density at radius 2 is 1.44 bits per heavy atom. The smallest absolute Gasteiger partial charge is 0.326 e. The average Bonchev–Trinajstić information content (AvgIpc) is 3.77. The second-order valence-corrected chi connectivity index (χ2v) is 18.3. The fourth-order valence-electron chi connectivity index (χ4n) is 8.41. The van der Waals surface area contributed by atoms with E-state index >= 15 is 0 Å². The number of para-hydroxylation sites is 1. The Balaban J connectivity index is 1.75. The van der Waals surface area contributed by atoms with E-state index in [4.69, 9.17) is 28.7 Å². The van der Waals surface area contributed by atoms with Crippen molar-refractivity contribution in [1.82, 2.24) is 47.5 Å². The molecule has 1 aliphatic rings. The van der Waals surface area contributed by atoms with Gasteiger partial charge in [-0.2, -0.15) is 0 Å². The number of fused-ring (bicyclic) bond motifs is 1. The fourth-order valence-corrected chi connectivity index (χ4v) is 8.41. The summed E-state index contributed by atoms with van der Waals surface area (Å²) in [5.74, 6) is -6.48. The van der Waals surface area contributed by atoms with Crippen LogP contribution in [0.25, 0.3) is 10.9 Å². The van der Waals surface area contributed by atoms with Gasteiger partial charge in [0.2, 0.25) is 41.4 Å². The highest BCUT2D eigenvalue weighted by molar-refractivity contribution is 5.95. The predicted octanol–water partition coefficient (Wildman–Crippen LogP) is -3.22. The average molecular weight is 1050 g/mol. The zero-order valence-electron chi connectivity index (χ0n) is 42.1. The number of aliphatic hydroxyl groups excluding tert-OH is 1. The van der Waals surface area contributed by atoms with E-state index in [-0.39, 0.29) is 109 Å². The molecule has 26 nitrogen and oxygen atoms in total. The number of amides is 7. The zero-order chi connectivity index (χ0) is 54.9. The minimum atomic E-state index is -1.58. The highest BCUT2D eigenvalue weighted by atomic mass is 16.4. The molecule has 1 unspecified atom stereocenters. The summed E-state index contributed by atoms with van der Waals surface area (Å²) in [6, 6.07) is 7.91. The van der Waals surface area contributed by atoms with Gasteiger partial charge >= 0.3 is 5.97 Å². The van der Waals surface area contributed by atoms with Crippen LogP contribution >= 0.6 is 0 Å². The lowest BCUT2D eigenvalue weighted by Gasteiger charge is -2.31. The van der Waals surface area contributed by atoms with Crippen LogP contribution in [0.15, 0.2) is 70.8 Å². The number of hydrogen-bond donors (Lipinski definition) is 16. The first kappa shape index (κ1) is 59.7. The van der Waals surface area contributed by atoms with Crippen molar-refractivity contribution in [2.45, 2.75) is 132 Å². The first-order chi connectivity index (χ1) is 35.8. The molecule has 0 saturated carbocycles. The number of carboxylic acids is 1. The number of hydrogen-bond acceptors (Lipinski definition) is 13. The van der Waals surface area contributed by atoms with Crippen molar-refractivity contribution in [1.29, 1.82) is 0 Å². The lowest BCUT2D eigenvalue weighted by Crippen LogP contribution is -2.60. The maximum atomic E-state index is 14.6. The van der Waals surface area contributed by atoms with Crippen molar-refractivity contribution in [2.24, 2.45) is 38.7 Å². The van der Waals surface area contributed by atoms with Crippen molar-refractivity contribution in [2.75, 3.05) is 26.2 Å². The Morgan fingerprint density at radius 3 is 2.12 bits per heavy atom. The number of H-pyrrole nitrogens is 1. The van der Waals surface area contributed by atoms with Crippen molar-refractivity contribution in [3.8, 4) is 0 Å². The second kappa shape index (κ2) is 31.0. The molecule has 2 heterocycles. The van der Waals surface area contributed by atoms with Gasteiger partial charge in [0.05, 0.1) is 12.1 Å². The fraction of sp³-hybridized carbons (Fsp3) is 0.510. The van der Waals surface area contributed by atoms with Crippen molar-refractivity contribution >= 4 is 70.1 Å². The monoisotopic (exact) mass is 1050 g/mol. The van der Waals surface area contributed by atoms with Gasteiger partial charge in [0, 0.05) is 75.5 Å². The van der Waals surface area contributed by atoms with Crippen LogP contribution in [-0.4, -0.2) is 149 Å². The number of nitrogens with one attached hydrogen (secondary N) is 9. The molecule has 4 rings (SSSR count). The number of guanidine groups is 2. The number of nitrogens with zero attached hydrogens (tertiary/aromatic N) is 2. The van der Waals surface area contributed by atoms with E-state index in [0.717, 1.165) is 16.5 Å². The van der Waals surface area contributed by atoms with Gasteiger partial charge in [0.25, 0.3) is 0 Å². The number of primary amides is 1. The maximum Gasteiger partial charge on any atom is 0.326 e. The molecule has 0 bridgehead atoms. The van der Waals surface area contributed by atoms with E-state index in [1.807, 2.05) is 18.2 Å². The summed E-state index contributed by atoms with van der Waals surface area (Å²) in [6.45, 7) is 1.40. The standard InChI is InChI=1S/C49H74N16O10/c1-28(66)60-34(14-8-22-56-48(51)52)43(70)62-35-15-7-21-55-41(68)20-18-37(47(74)75)64-46(73)39(25-30-26-58-33-13-6-5-12-32(30)33)65-44(71)36(16-9-23-57-49(53)54)63-45(72)38(24-29-10-3-2-4-11-29)59-27-31(61-42(35)69)17-19-40(50)67/h2-6,10-13,26,31,34-39,42,58-59,61,69H,7-9,14-25,27H2,1H3,(H2,50,67)(H,55,68)(H,60,66)(H,62,70)(H,63,72)(H,64,73)(H,65,71)(H,74,75)(H4,51,52,56)(H4,53,54,57)/t31-,34-,35-,36-,37-,38+,39-,42?/m0/s1. The van der Waals surface area contributed by atoms with E-state index in [0.29, 0.717) is 12.0 Å².